The van der Waals surface area contributed by atoms with Crippen LogP contribution >= 0.6 is 22.9 Å². The summed E-state index contributed by atoms with van der Waals surface area (Å²) in [4.78, 5) is 37.7. The summed E-state index contributed by atoms with van der Waals surface area (Å²) >= 11 is 7.45. The molecular weight excluding hydrogens is 436 g/mol. The first-order chi connectivity index (χ1) is 15.0. The van der Waals surface area contributed by atoms with E-state index in [0.717, 1.165) is 36.9 Å². The molecule has 3 heterocycles. The molecule has 1 aromatic heterocycles. The Labute approximate surface area is 191 Å². The number of amides is 3. The SMILES string of the molecule is CN1CCN(C(=O)Nc2nc(CC(=O)N3CCN(c4cccc(Cl)c4)CC3)cs2)CC1. The maximum atomic E-state index is 12.7. The van der Waals surface area contributed by atoms with E-state index in [4.69, 9.17) is 11.6 Å². The van der Waals surface area contributed by atoms with Crippen LogP contribution in [0.4, 0.5) is 15.6 Å². The van der Waals surface area contributed by atoms with E-state index in [2.05, 4.69) is 27.1 Å². The van der Waals surface area contributed by atoms with E-state index in [1.165, 1.54) is 11.3 Å². The van der Waals surface area contributed by atoms with Gasteiger partial charge in [0.25, 0.3) is 0 Å². The summed E-state index contributed by atoms with van der Waals surface area (Å²) < 4.78 is 0. The Kier molecular flexibility index (Phi) is 6.94. The molecule has 0 atom stereocenters. The van der Waals surface area contributed by atoms with E-state index in [1.54, 1.807) is 4.90 Å². The summed E-state index contributed by atoms with van der Waals surface area (Å²) in [6, 6.07) is 7.67. The van der Waals surface area contributed by atoms with Gasteiger partial charge in [0.1, 0.15) is 0 Å². The van der Waals surface area contributed by atoms with Crippen LogP contribution in [-0.4, -0.2) is 91.0 Å². The molecule has 1 N–H and O–H groups in total. The van der Waals surface area contributed by atoms with Crippen LogP contribution in [0, 0.1) is 0 Å². The predicted octanol–water partition coefficient (Wildman–Crippen LogP) is 2.47. The Morgan fingerprint density at radius 1 is 1.06 bits per heavy atom. The third kappa shape index (κ3) is 5.66. The molecule has 0 bridgehead atoms. The van der Waals surface area contributed by atoms with Crippen molar-refractivity contribution in [3.05, 3.63) is 40.4 Å². The number of benzene rings is 1. The second-order valence-corrected chi connectivity index (χ2v) is 9.18. The molecule has 31 heavy (non-hydrogen) atoms. The summed E-state index contributed by atoms with van der Waals surface area (Å²) in [5.41, 5.74) is 1.78. The molecular formula is C21H27ClN6O2S. The molecule has 2 fully saturated rings. The Balaban J connectivity index is 1.25. The van der Waals surface area contributed by atoms with Crippen molar-refractivity contribution in [3.63, 3.8) is 0 Å². The second kappa shape index (κ2) is 9.84. The number of carbonyl (C=O) groups is 2. The lowest BCUT2D eigenvalue weighted by atomic mass is 10.2. The van der Waals surface area contributed by atoms with E-state index in [9.17, 15) is 9.59 Å². The largest absolute Gasteiger partial charge is 0.368 e. The van der Waals surface area contributed by atoms with Crippen molar-refractivity contribution in [2.45, 2.75) is 6.42 Å². The Hall–Kier alpha value is -2.36. The van der Waals surface area contributed by atoms with Gasteiger partial charge in [-0.15, -0.1) is 11.3 Å². The highest BCUT2D eigenvalue weighted by atomic mass is 35.5. The average molecular weight is 463 g/mol. The van der Waals surface area contributed by atoms with Crippen molar-refractivity contribution in [2.75, 3.05) is 69.6 Å². The van der Waals surface area contributed by atoms with Crippen molar-refractivity contribution in [2.24, 2.45) is 0 Å². The van der Waals surface area contributed by atoms with E-state index < -0.39 is 0 Å². The lowest BCUT2D eigenvalue weighted by Crippen LogP contribution is -2.49. The molecule has 0 aliphatic carbocycles. The molecule has 1 aromatic carbocycles. The molecule has 2 aromatic rings. The number of hydrogen-bond acceptors (Lipinski definition) is 6. The summed E-state index contributed by atoms with van der Waals surface area (Å²) in [6.45, 7) is 6.04. The first kappa shape index (κ1) is 21.9. The molecule has 0 saturated carbocycles. The fraction of sp³-hybridized carbons (Fsp3) is 0.476. The number of piperazine rings is 2. The van der Waals surface area contributed by atoms with Crippen LogP contribution in [-0.2, 0) is 11.2 Å². The number of hydrogen-bond donors (Lipinski definition) is 1. The fourth-order valence-corrected chi connectivity index (χ4v) is 4.66. The number of nitrogens with zero attached hydrogens (tertiary/aromatic N) is 5. The van der Waals surface area contributed by atoms with Gasteiger partial charge < -0.3 is 19.6 Å². The standard InChI is InChI=1S/C21H27ClN6O2S/c1-25-5-7-28(8-6-25)21(30)24-20-23-17(15-31-20)14-19(29)27-11-9-26(10-12-27)18-4-2-3-16(22)13-18/h2-4,13,15H,5-12,14H2,1H3,(H,23,24,30). The molecule has 0 radical (unpaired) electrons. The van der Waals surface area contributed by atoms with Gasteiger partial charge in [-0.1, -0.05) is 17.7 Å². The van der Waals surface area contributed by atoms with Gasteiger partial charge in [-0.2, -0.15) is 0 Å². The highest BCUT2D eigenvalue weighted by molar-refractivity contribution is 7.13. The maximum Gasteiger partial charge on any atom is 0.323 e. The number of anilines is 2. The van der Waals surface area contributed by atoms with Crippen molar-refractivity contribution < 1.29 is 9.59 Å². The molecule has 0 unspecified atom stereocenters. The number of nitrogens with one attached hydrogen (secondary N) is 1. The average Bonchev–Trinajstić information content (AvgIpc) is 3.21. The molecule has 8 nitrogen and oxygen atoms in total. The first-order valence-corrected chi connectivity index (χ1v) is 11.7. The fourth-order valence-electron chi connectivity index (χ4n) is 3.78. The van der Waals surface area contributed by atoms with E-state index in [0.29, 0.717) is 37.0 Å². The van der Waals surface area contributed by atoms with Gasteiger partial charge in [-0.05, 0) is 25.2 Å². The van der Waals surface area contributed by atoms with Crippen LogP contribution in [0.2, 0.25) is 5.02 Å². The summed E-state index contributed by atoms with van der Waals surface area (Å²) in [7, 11) is 2.05. The molecule has 10 heteroatoms. The van der Waals surface area contributed by atoms with Gasteiger partial charge in [-0.25, -0.2) is 9.78 Å². The minimum atomic E-state index is -0.127. The van der Waals surface area contributed by atoms with Crippen molar-refractivity contribution in [1.29, 1.82) is 0 Å². The van der Waals surface area contributed by atoms with Gasteiger partial charge in [0.15, 0.2) is 5.13 Å². The van der Waals surface area contributed by atoms with Crippen molar-refractivity contribution in [1.82, 2.24) is 19.7 Å². The van der Waals surface area contributed by atoms with Crippen LogP contribution in [0.15, 0.2) is 29.6 Å². The van der Waals surface area contributed by atoms with E-state index in [1.807, 2.05) is 34.5 Å². The van der Waals surface area contributed by atoms with Crippen LogP contribution < -0.4 is 10.2 Å². The molecule has 0 spiro atoms. The first-order valence-electron chi connectivity index (χ1n) is 10.4. The monoisotopic (exact) mass is 462 g/mol. The number of rotatable bonds is 4. The summed E-state index contributed by atoms with van der Waals surface area (Å²) in [5.74, 6) is 0.0630. The third-order valence-electron chi connectivity index (χ3n) is 5.69. The third-order valence-corrected chi connectivity index (χ3v) is 6.74. The molecule has 2 saturated heterocycles. The highest BCUT2D eigenvalue weighted by Gasteiger charge is 2.23. The minimum Gasteiger partial charge on any atom is -0.368 e. The molecule has 2 aliphatic rings. The number of likely N-dealkylation sites (N-methyl/N-ethyl adjacent to an activating group) is 1. The smallest absolute Gasteiger partial charge is 0.323 e. The topological polar surface area (TPSA) is 72.0 Å². The van der Waals surface area contributed by atoms with Gasteiger partial charge in [0.05, 0.1) is 12.1 Å². The molecule has 4 rings (SSSR count). The number of carbonyl (C=O) groups excluding carboxylic acids is 2. The van der Waals surface area contributed by atoms with Crippen molar-refractivity contribution >= 4 is 45.7 Å². The lowest BCUT2D eigenvalue weighted by Gasteiger charge is -2.36. The van der Waals surface area contributed by atoms with Crippen LogP contribution in [0.1, 0.15) is 5.69 Å². The predicted molar refractivity (Wildman–Crippen MR) is 124 cm³/mol. The quantitative estimate of drug-likeness (QED) is 0.755. The minimum absolute atomic E-state index is 0.0630. The van der Waals surface area contributed by atoms with Gasteiger partial charge in [0.2, 0.25) is 5.91 Å². The normalized spacial score (nSPS) is 17.7. The lowest BCUT2D eigenvalue weighted by molar-refractivity contribution is -0.130. The van der Waals surface area contributed by atoms with E-state index in [-0.39, 0.29) is 18.4 Å². The van der Waals surface area contributed by atoms with Gasteiger partial charge in [-0.3, -0.25) is 10.1 Å². The van der Waals surface area contributed by atoms with Crippen LogP contribution in [0.25, 0.3) is 0 Å². The van der Waals surface area contributed by atoms with Crippen LogP contribution in [0.5, 0.6) is 0 Å². The number of thiazole rings is 1. The zero-order valence-electron chi connectivity index (χ0n) is 17.6. The highest BCUT2D eigenvalue weighted by Crippen LogP contribution is 2.22. The maximum absolute atomic E-state index is 12.7. The second-order valence-electron chi connectivity index (χ2n) is 7.89. The zero-order chi connectivity index (χ0) is 21.8. The molecule has 166 valence electrons. The van der Waals surface area contributed by atoms with E-state index >= 15 is 0 Å². The van der Waals surface area contributed by atoms with Gasteiger partial charge >= 0.3 is 6.03 Å². The van der Waals surface area contributed by atoms with Gasteiger partial charge in [0, 0.05) is 68.4 Å². The number of halogens is 1. The number of aromatic nitrogens is 1. The van der Waals surface area contributed by atoms with Crippen LogP contribution in [0.3, 0.4) is 0 Å². The Morgan fingerprint density at radius 2 is 1.77 bits per heavy atom. The Morgan fingerprint density at radius 3 is 2.48 bits per heavy atom. The molecule has 2 aliphatic heterocycles. The molecule has 3 amide bonds. The Bertz CT molecular complexity index is 922. The number of urea groups is 1. The zero-order valence-corrected chi connectivity index (χ0v) is 19.2. The summed E-state index contributed by atoms with van der Waals surface area (Å²) in [6.07, 6.45) is 0.248. The summed E-state index contributed by atoms with van der Waals surface area (Å²) in [5, 5.41) is 5.97. The van der Waals surface area contributed by atoms with Crippen molar-refractivity contribution in [3.8, 4) is 0 Å².